The Hall–Kier alpha value is -0.750. The molecule has 4 nitrogen and oxygen atoms in total. The van der Waals surface area contributed by atoms with Crippen molar-refractivity contribution in [1.82, 2.24) is 15.6 Å². The predicted octanol–water partition coefficient (Wildman–Crippen LogP) is 2.32. The first kappa shape index (κ1) is 14.7. The van der Waals surface area contributed by atoms with Crippen LogP contribution in [-0.4, -0.2) is 35.5 Å². The Morgan fingerprint density at radius 2 is 2.26 bits per heavy atom. The zero-order chi connectivity index (χ0) is 13.7. The summed E-state index contributed by atoms with van der Waals surface area (Å²) in [5.41, 5.74) is 1.13. The molecule has 1 unspecified atom stereocenters. The van der Waals surface area contributed by atoms with Crippen LogP contribution in [0.3, 0.4) is 0 Å². The normalized spacial score (nSPS) is 19.7. The summed E-state index contributed by atoms with van der Waals surface area (Å²) in [5.74, 6) is 2.17. The molecule has 1 fully saturated rings. The molecule has 1 aliphatic rings. The molecule has 6 heteroatoms. The number of thiazole rings is 1. The number of aryl methyl sites for hydroxylation is 2. The Morgan fingerprint density at radius 1 is 1.42 bits per heavy atom. The fraction of sp³-hybridized carbons (Fsp3) is 0.692. The summed E-state index contributed by atoms with van der Waals surface area (Å²) in [4.78, 5) is 10.1. The number of aromatic nitrogens is 1. The van der Waals surface area contributed by atoms with Crippen molar-refractivity contribution in [2.24, 2.45) is 4.99 Å². The maximum atomic E-state index is 4.52. The highest BCUT2D eigenvalue weighted by Gasteiger charge is 2.15. The number of rotatable bonds is 4. The van der Waals surface area contributed by atoms with Gasteiger partial charge in [0.15, 0.2) is 5.96 Å². The predicted molar refractivity (Wildman–Crippen MR) is 85.3 cm³/mol. The Morgan fingerprint density at radius 3 is 2.84 bits per heavy atom. The van der Waals surface area contributed by atoms with Crippen LogP contribution in [0.2, 0.25) is 0 Å². The van der Waals surface area contributed by atoms with Gasteiger partial charge in [0.1, 0.15) is 5.01 Å². The second-order valence-electron chi connectivity index (χ2n) is 4.69. The minimum absolute atomic E-state index is 0.739. The van der Waals surface area contributed by atoms with E-state index in [1.807, 2.05) is 7.05 Å². The van der Waals surface area contributed by atoms with Crippen LogP contribution in [0.15, 0.2) is 4.99 Å². The summed E-state index contributed by atoms with van der Waals surface area (Å²) in [6.07, 6.45) is 2.67. The van der Waals surface area contributed by atoms with Gasteiger partial charge in [-0.1, -0.05) is 0 Å². The topological polar surface area (TPSA) is 49.3 Å². The monoisotopic (exact) mass is 298 g/mol. The van der Waals surface area contributed by atoms with Gasteiger partial charge < -0.3 is 10.6 Å². The molecule has 2 rings (SSSR count). The molecule has 0 bridgehead atoms. The highest BCUT2D eigenvalue weighted by molar-refractivity contribution is 8.00. The van der Waals surface area contributed by atoms with Crippen molar-refractivity contribution in [3.63, 3.8) is 0 Å². The van der Waals surface area contributed by atoms with Gasteiger partial charge in [-0.3, -0.25) is 4.99 Å². The lowest BCUT2D eigenvalue weighted by Gasteiger charge is -2.14. The lowest BCUT2D eigenvalue weighted by molar-refractivity contribution is 0.725. The number of nitrogens with zero attached hydrogens (tertiary/aromatic N) is 2. The zero-order valence-corrected chi connectivity index (χ0v) is 13.5. The number of hydrogen-bond donors (Lipinski definition) is 2. The number of aliphatic imine (C=N–C) groups is 1. The van der Waals surface area contributed by atoms with Crippen molar-refractivity contribution in [2.75, 3.05) is 19.3 Å². The first-order chi connectivity index (χ1) is 9.19. The summed E-state index contributed by atoms with van der Waals surface area (Å²) in [6, 6.07) is 0. The molecule has 0 saturated carbocycles. The fourth-order valence-electron chi connectivity index (χ4n) is 2.01. The average Bonchev–Trinajstić information content (AvgIpc) is 3.01. The van der Waals surface area contributed by atoms with E-state index in [1.165, 1.54) is 23.5 Å². The maximum absolute atomic E-state index is 4.52. The molecule has 1 aliphatic heterocycles. The summed E-state index contributed by atoms with van der Waals surface area (Å²) in [7, 11) is 1.81. The van der Waals surface area contributed by atoms with Gasteiger partial charge >= 0.3 is 0 Å². The first-order valence-corrected chi connectivity index (χ1v) is 8.54. The quantitative estimate of drug-likeness (QED) is 0.661. The Bertz CT molecular complexity index is 416. The third-order valence-electron chi connectivity index (χ3n) is 3.22. The molecule has 0 amide bonds. The first-order valence-electron chi connectivity index (χ1n) is 6.68. The van der Waals surface area contributed by atoms with Gasteiger partial charge in [-0.25, -0.2) is 4.98 Å². The van der Waals surface area contributed by atoms with E-state index in [0.717, 1.165) is 35.0 Å². The lowest BCUT2D eigenvalue weighted by Crippen LogP contribution is -2.39. The minimum atomic E-state index is 0.739. The van der Waals surface area contributed by atoms with Gasteiger partial charge in [-0.05, 0) is 32.4 Å². The summed E-state index contributed by atoms with van der Waals surface area (Å²) in [6.45, 7) is 5.91. The van der Waals surface area contributed by atoms with E-state index < -0.39 is 0 Å². The highest BCUT2D eigenvalue weighted by Crippen LogP contribution is 2.25. The van der Waals surface area contributed by atoms with Crippen LogP contribution in [0.4, 0.5) is 0 Å². The second kappa shape index (κ2) is 7.14. The maximum Gasteiger partial charge on any atom is 0.191 e. The van der Waals surface area contributed by atoms with Crippen LogP contribution in [0.25, 0.3) is 0 Å². The molecule has 1 saturated heterocycles. The third-order valence-corrected chi connectivity index (χ3v) is 5.70. The lowest BCUT2D eigenvalue weighted by atomic mass is 10.2. The summed E-state index contributed by atoms with van der Waals surface area (Å²) in [5, 5.41) is 8.58. The van der Waals surface area contributed by atoms with Gasteiger partial charge in [-0.15, -0.1) is 11.3 Å². The molecule has 2 heterocycles. The van der Waals surface area contributed by atoms with E-state index in [4.69, 9.17) is 0 Å². The number of thioether (sulfide) groups is 1. The van der Waals surface area contributed by atoms with E-state index in [2.05, 4.69) is 46.2 Å². The van der Waals surface area contributed by atoms with E-state index in [-0.39, 0.29) is 0 Å². The Balaban J connectivity index is 1.76. The Labute approximate surface area is 123 Å². The highest BCUT2D eigenvalue weighted by atomic mass is 32.2. The zero-order valence-electron chi connectivity index (χ0n) is 11.8. The molecule has 106 valence electrons. The third kappa shape index (κ3) is 4.38. The van der Waals surface area contributed by atoms with Crippen LogP contribution < -0.4 is 10.6 Å². The van der Waals surface area contributed by atoms with Crippen LogP contribution >= 0.6 is 23.1 Å². The molecule has 0 radical (unpaired) electrons. The number of hydrogen-bond acceptors (Lipinski definition) is 4. The smallest absolute Gasteiger partial charge is 0.191 e. The van der Waals surface area contributed by atoms with Crippen molar-refractivity contribution in [2.45, 2.75) is 38.5 Å². The molecule has 19 heavy (non-hydrogen) atoms. The second-order valence-corrected chi connectivity index (χ2v) is 7.39. The van der Waals surface area contributed by atoms with Gasteiger partial charge in [0.05, 0.1) is 12.2 Å². The van der Waals surface area contributed by atoms with Crippen molar-refractivity contribution < 1.29 is 0 Å². The molecule has 0 aromatic carbocycles. The molecular formula is C13H22N4S2. The van der Waals surface area contributed by atoms with Gasteiger partial charge in [0.2, 0.25) is 0 Å². The molecular weight excluding hydrogens is 276 g/mol. The van der Waals surface area contributed by atoms with E-state index in [9.17, 15) is 0 Å². The van der Waals surface area contributed by atoms with Gasteiger partial charge in [-0.2, -0.15) is 11.8 Å². The Kier molecular flexibility index (Phi) is 5.51. The largest absolute Gasteiger partial charge is 0.355 e. The van der Waals surface area contributed by atoms with E-state index >= 15 is 0 Å². The van der Waals surface area contributed by atoms with Crippen molar-refractivity contribution >= 4 is 29.1 Å². The molecule has 0 aliphatic carbocycles. The van der Waals surface area contributed by atoms with Crippen LogP contribution in [0.5, 0.6) is 0 Å². The van der Waals surface area contributed by atoms with E-state index in [0.29, 0.717) is 0 Å². The fourth-order valence-corrected chi connectivity index (χ4v) is 4.09. The standard InChI is InChI=1S/C13H22N4S2/c1-9-10(2)19-12(17-9)8-16-13(14-3)15-7-11-5-4-6-18-11/h11H,4-8H2,1-3H3,(H2,14,15,16). The van der Waals surface area contributed by atoms with Crippen LogP contribution in [0.1, 0.15) is 28.4 Å². The molecule has 1 atom stereocenters. The van der Waals surface area contributed by atoms with E-state index in [1.54, 1.807) is 11.3 Å². The van der Waals surface area contributed by atoms with Gasteiger partial charge in [0.25, 0.3) is 0 Å². The number of nitrogens with one attached hydrogen (secondary N) is 2. The average molecular weight is 298 g/mol. The number of guanidine groups is 1. The van der Waals surface area contributed by atoms with Crippen LogP contribution in [0, 0.1) is 13.8 Å². The van der Waals surface area contributed by atoms with Crippen molar-refractivity contribution in [3.05, 3.63) is 15.6 Å². The molecule has 0 spiro atoms. The molecule has 1 aromatic rings. The minimum Gasteiger partial charge on any atom is -0.355 e. The SMILES string of the molecule is CN=C(NCc1nc(C)c(C)s1)NCC1CCCS1. The summed E-state index contributed by atoms with van der Waals surface area (Å²) >= 11 is 3.81. The molecule has 2 N–H and O–H groups in total. The van der Waals surface area contributed by atoms with Crippen LogP contribution in [-0.2, 0) is 6.54 Å². The molecule has 1 aromatic heterocycles. The van der Waals surface area contributed by atoms with Crippen molar-refractivity contribution in [1.29, 1.82) is 0 Å². The summed E-state index contributed by atoms with van der Waals surface area (Å²) < 4.78 is 0. The van der Waals surface area contributed by atoms with Crippen molar-refractivity contribution in [3.8, 4) is 0 Å². The van der Waals surface area contributed by atoms with Gasteiger partial charge in [0, 0.05) is 23.7 Å².